The number of carboxylic acid groups (broad SMARTS) is 1. The topological polar surface area (TPSA) is 89.1 Å². The maximum Gasteiger partial charge on any atom is 0.336 e. The largest absolute Gasteiger partial charge is 0.478 e. The van der Waals surface area contributed by atoms with Crippen molar-refractivity contribution in [1.29, 1.82) is 0 Å². The minimum atomic E-state index is -1.05. The first kappa shape index (κ1) is 13.4. The third kappa shape index (κ3) is 2.55. The van der Waals surface area contributed by atoms with E-state index in [1.165, 1.54) is 6.07 Å². The molecule has 0 atom stereocenters. The number of pyridine rings is 1. The standard InChI is InChI=1S/C14H8BrN3O3/c15-10-6-3-7-16-11(10)12-17-13(21-18-12)8-4-1-2-5-9(8)14(19)20/h1-7H,(H,19,20). The minimum absolute atomic E-state index is 0.104. The molecule has 0 aliphatic carbocycles. The maximum absolute atomic E-state index is 11.2. The van der Waals surface area contributed by atoms with Crippen molar-refractivity contribution in [2.75, 3.05) is 0 Å². The first-order valence-corrected chi connectivity index (χ1v) is 6.73. The molecular formula is C14H8BrN3O3. The molecule has 0 saturated carbocycles. The second-order valence-corrected chi connectivity index (χ2v) is 4.96. The summed E-state index contributed by atoms with van der Waals surface area (Å²) in [5.74, 6) is -0.623. The lowest BCUT2D eigenvalue weighted by molar-refractivity contribution is 0.0697. The Balaban J connectivity index is 2.08. The van der Waals surface area contributed by atoms with Crippen molar-refractivity contribution in [3.8, 4) is 23.0 Å². The van der Waals surface area contributed by atoms with Gasteiger partial charge in [0.1, 0.15) is 5.69 Å². The highest BCUT2D eigenvalue weighted by atomic mass is 79.9. The van der Waals surface area contributed by atoms with E-state index in [0.29, 0.717) is 11.3 Å². The first-order valence-electron chi connectivity index (χ1n) is 5.94. The molecule has 2 aromatic heterocycles. The summed E-state index contributed by atoms with van der Waals surface area (Å²) in [5.41, 5.74) is 1.00. The molecule has 21 heavy (non-hydrogen) atoms. The molecular weight excluding hydrogens is 338 g/mol. The van der Waals surface area contributed by atoms with Crippen molar-refractivity contribution < 1.29 is 14.4 Å². The van der Waals surface area contributed by atoms with Gasteiger partial charge >= 0.3 is 5.97 Å². The van der Waals surface area contributed by atoms with Gasteiger partial charge in [-0.2, -0.15) is 4.98 Å². The van der Waals surface area contributed by atoms with E-state index in [0.717, 1.165) is 4.47 Å². The van der Waals surface area contributed by atoms with Gasteiger partial charge in [-0.25, -0.2) is 4.79 Å². The zero-order valence-electron chi connectivity index (χ0n) is 10.5. The van der Waals surface area contributed by atoms with Crippen LogP contribution in [0.15, 0.2) is 51.6 Å². The van der Waals surface area contributed by atoms with Gasteiger partial charge in [-0.05, 0) is 40.2 Å². The van der Waals surface area contributed by atoms with E-state index in [4.69, 9.17) is 4.52 Å². The van der Waals surface area contributed by atoms with Crippen LogP contribution in [0.25, 0.3) is 23.0 Å². The van der Waals surface area contributed by atoms with Crippen molar-refractivity contribution in [3.05, 3.63) is 52.6 Å². The van der Waals surface area contributed by atoms with Crippen LogP contribution in [0.5, 0.6) is 0 Å². The molecule has 1 aromatic carbocycles. The van der Waals surface area contributed by atoms with Crippen LogP contribution in [-0.2, 0) is 0 Å². The Morgan fingerprint density at radius 2 is 2.00 bits per heavy atom. The van der Waals surface area contributed by atoms with Gasteiger partial charge in [0.25, 0.3) is 5.89 Å². The number of carboxylic acids is 1. The number of carbonyl (C=O) groups is 1. The third-order valence-electron chi connectivity index (χ3n) is 2.78. The van der Waals surface area contributed by atoms with Gasteiger partial charge in [-0.3, -0.25) is 4.98 Å². The number of hydrogen-bond acceptors (Lipinski definition) is 5. The summed E-state index contributed by atoms with van der Waals surface area (Å²) < 4.78 is 5.89. The molecule has 6 nitrogen and oxygen atoms in total. The second kappa shape index (κ2) is 5.45. The van der Waals surface area contributed by atoms with Crippen LogP contribution < -0.4 is 0 Å². The first-order chi connectivity index (χ1) is 10.2. The molecule has 0 bridgehead atoms. The van der Waals surface area contributed by atoms with Crippen LogP contribution in [-0.4, -0.2) is 26.2 Å². The molecule has 0 fully saturated rings. The van der Waals surface area contributed by atoms with Crippen LogP contribution in [0, 0.1) is 0 Å². The van der Waals surface area contributed by atoms with Gasteiger partial charge in [0.15, 0.2) is 0 Å². The van der Waals surface area contributed by atoms with Crippen molar-refractivity contribution in [1.82, 2.24) is 15.1 Å². The zero-order valence-corrected chi connectivity index (χ0v) is 12.1. The summed E-state index contributed by atoms with van der Waals surface area (Å²) in [5, 5.41) is 13.0. The molecule has 2 heterocycles. The molecule has 0 saturated heterocycles. The van der Waals surface area contributed by atoms with E-state index in [1.807, 2.05) is 6.07 Å². The molecule has 104 valence electrons. The normalized spacial score (nSPS) is 10.5. The van der Waals surface area contributed by atoms with Gasteiger partial charge in [0.2, 0.25) is 5.82 Å². The minimum Gasteiger partial charge on any atom is -0.478 e. The summed E-state index contributed by atoms with van der Waals surface area (Å²) in [6.45, 7) is 0. The fourth-order valence-corrected chi connectivity index (χ4v) is 2.27. The fourth-order valence-electron chi connectivity index (χ4n) is 1.84. The Kier molecular flexibility index (Phi) is 3.49. The van der Waals surface area contributed by atoms with Gasteiger partial charge in [0.05, 0.1) is 11.1 Å². The van der Waals surface area contributed by atoms with Gasteiger partial charge in [-0.1, -0.05) is 17.3 Å². The van der Waals surface area contributed by atoms with E-state index < -0.39 is 5.97 Å². The number of hydrogen-bond donors (Lipinski definition) is 1. The molecule has 0 aliphatic rings. The number of benzene rings is 1. The Bertz CT molecular complexity index is 816. The average molecular weight is 346 g/mol. The molecule has 1 N–H and O–H groups in total. The van der Waals surface area contributed by atoms with Crippen LogP contribution >= 0.6 is 15.9 Å². The molecule has 0 aliphatic heterocycles. The quantitative estimate of drug-likeness (QED) is 0.783. The monoisotopic (exact) mass is 345 g/mol. The van der Waals surface area contributed by atoms with E-state index in [1.54, 1.807) is 30.5 Å². The second-order valence-electron chi connectivity index (χ2n) is 4.11. The summed E-state index contributed by atoms with van der Waals surface area (Å²) in [7, 11) is 0. The van der Waals surface area contributed by atoms with Gasteiger partial charge in [0, 0.05) is 10.7 Å². The predicted octanol–water partition coefficient (Wildman–Crippen LogP) is 3.26. The highest BCUT2D eigenvalue weighted by Gasteiger charge is 2.18. The molecule has 0 radical (unpaired) electrons. The van der Waals surface area contributed by atoms with E-state index >= 15 is 0 Å². The Hall–Kier alpha value is -2.54. The van der Waals surface area contributed by atoms with E-state index in [2.05, 4.69) is 31.1 Å². The van der Waals surface area contributed by atoms with Crippen LogP contribution in [0.4, 0.5) is 0 Å². The molecule has 3 aromatic rings. The molecule has 7 heteroatoms. The summed E-state index contributed by atoms with van der Waals surface area (Å²) in [4.78, 5) is 19.6. The summed E-state index contributed by atoms with van der Waals surface area (Å²) in [6, 6.07) is 10.0. The third-order valence-corrected chi connectivity index (χ3v) is 3.42. The molecule has 0 amide bonds. The number of rotatable bonds is 3. The molecule has 0 unspecified atom stereocenters. The lowest BCUT2D eigenvalue weighted by atomic mass is 10.1. The maximum atomic E-state index is 11.2. The van der Waals surface area contributed by atoms with E-state index in [-0.39, 0.29) is 17.3 Å². The van der Waals surface area contributed by atoms with Gasteiger partial charge < -0.3 is 9.63 Å². The van der Waals surface area contributed by atoms with Crippen LogP contribution in [0.1, 0.15) is 10.4 Å². The fraction of sp³-hybridized carbons (Fsp3) is 0. The zero-order chi connectivity index (χ0) is 14.8. The Labute approximate surface area is 127 Å². The highest BCUT2D eigenvalue weighted by Crippen LogP contribution is 2.27. The number of halogens is 1. The predicted molar refractivity (Wildman–Crippen MR) is 77.6 cm³/mol. The van der Waals surface area contributed by atoms with Crippen molar-refractivity contribution in [3.63, 3.8) is 0 Å². The molecule has 3 rings (SSSR count). The lowest BCUT2D eigenvalue weighted by Crippen LogP contribution is -1.99. The molecule has 0 spiro atoms. The number of aromatic nitrogens is 3. The summed E-state index contributed by atoms with van der Waals surface area (Å²) in [6.07, 6.45) is 1.61. The van der Waals surface area contributed by atoms with Crippen molar-refractivity contribution in [2.45, 2.75) is 0 Å². The average Bonchev–Trinajstić information content (AvgIpc) is 2.97. The van der Waals surface area contributed by atoms with Crippen molar-refractivity contribution >= 4 is 21.9 Å². The highest BCUT2D eigenvalue weighted by molar-refractivity contribution is 9.10. The number of nitrogens with zero attached hydrogens (tertiary/aromatic N) is 3. The summed E-state index contributed by atoms with van der Waals surface area (Å²) >= 11 is 3.36. The number of aromatic carboxylic acids is 1. The van der Waals surface area contributed by atoms with E-state index in [9.17, 15) is 9.90 Å². The smallest absolute Gasteiger partial charge is 0.336 e. The Morgan fingerprint density at radius 3 is 2.76 bits per heavy atom. The van der Waals surface area contributed by atoms with Crippen molar-refractivity contribution in [2.24, 2.45) is 0 Å². The van der Waals surface area contributed by atoms with Crippen LogP contribution in [0.2, 0.25) is 0 Å². The van der Waals surface area contributed by atoms with Crippen LogP contribution in [0.3, 0.4) is 0 Å². The SMILES string of the molecule is O=C(O)c1ccccc1-c1nc(-c2ncccc2Br)no1. The Morgan fingerprint density at radius 1 is 1.19 bits per heavy atom. The lowest BCUT2D eigenvalue weighted by Gasteiger charge is -1.99. The van der Waals surface area contributed by atoms with Gasteiger partial charge in [-0.15, -0.1) is 0 Å².